The van der Waals surface area contributed by atoms with Crippen LogP contribution < -0.4 is 9.64 Å². The van der Waals surface area contributed by atoms with Crippen molar-refractivity contribution in [1.82, 2.24) is 14.8 Å². The van der Waals surface area contributed by atoms with E-state index in [-0.39, 0.29) is 24.1 Å². The van der Waals surface area contributed by atoms with Crippen LogP contribution in [0.25, 0.3) is 0 Å². The van der Waals surface area contributed by atoms with Crippen LogP contribution >= 0.6 is 11.6 Å². The summed E-state index contributed by atoms with van der Waals surface area (Å²) in [6.45, 7) is 2.07. The average molecular weight is 443 g/mol. The van der Waals surface area contributed by atoms with Crippen LogP contribution in [0.3, 0.4) is 0 Å². The monoisotopic (exact) mass is 442 g/mol. The van der Waals surface area contributed by atoms with Gasteiger partial charge in [-0.1, -0.05) is 50.6 Å². The molecule has 2 aromatic rings. The Labute approximate surface area is 188 Å². The van der Waals surface area contributed by atoms with E-state index < -0.39 is 0 Å². The Morgan fingerprint density at radius 1 is 1.13 bits per heavy atom. The molecule has 1 aliphatic heterocycles. The summed E-state index contributed by atoms with van der Waals surface area (Å²) in [6.07, 6.45) is 11.4. The zero-order valence-electron chi connectivity index (χ0n) is 18.2. The normalized spacial score (nSPS) is 24.5. The SMILES string of the molecule is CCc1nc2n(n1)C1(CCCCC1)C1CCCCC1N2C(=O)COc1ccc(Cl)cc1. The van der Waals surface area contributed by atoms with E-state index in [9.17, 15) is 4.79 Å². The summed E-state index contributed by atoms with van der Waals surface area (Å²) in [4.78, 5) is 20.3. The van der Waals surface area contributed by atoms with E-state index in [1.807, 2.05) is 4.90 Å². The molecule has 0 bridgehead atoms. The highest BCUT2D eigenvalue weighted by molar-refractivity contribution is 6.30. The second kappa shape index (κ2) is 8.45. The molecular formula is C24H31ClN4O2. The number of benzene rings is 1. The van der Waals surface area contributed by atoms with E-state index in [1.165, 1.54) is 25.7 Å². The van der Waals surface area contributed by atoms with Crippen molar-refractivity contribution in [3.05, 3.63) is 35.1 Å². The number of amides is 1. The molecule has 2 fully saturated rings. The lowest BCUT2D eigenvalue weighted by Gasteiger charge is -2.55. The third-order valence-electron chi connectivity index (χ3n) is 7.50. The fourth-order valence-electron chi connectivity index (χ4n) is 6.09. The average Bonchev–Trinajstić information content (AvgIpc) is 3.25. The predicted molar refractivity (Wildman–Crippen MR) is 121 cm³/mol. The van der Waals surface area contributed by atoms with Gasteiger partial charge in [0.15, 0.2) is 12.4 Å². The minimum atomic E-state index is -0.0335. The van der Waals surface area contributed by atoms with Gasteiger partial charge in [-0.15, -0.1) is 0 Å². The number of aryl methyl sites for hydroxylation is 1. The van der Waals surface area contributed by atoms with Crippen LogP contribution in [0.4, 0.5) is 5.95 Å². The molecule has 1 aromatic carbocycles. The molecular weight excluding hydrogens is 412 g/mol. The van der Waals surface area contributed by atoms with Gasteiger partial charge in [-0.05, 0) is 49.9 Å². The Morgan fingerprint density at radius 2 is 1.87 bits per heavy atom. The predicted octanol–water partition coefficient (Wildman–Crippen LogP) is 5.14. The van der Waals surface area contributed by atoms with Crippen molar-refractivity contribution in [2.24, 2.45) is 5.92 Å². The summed E-state index contributed by atoms with van der Waals surface area (Å²) in [5.41, 5.74) is 0.0207. The van der Waals surface area contributed by atoms with Crippen molar-refractivity contribution in [3.63, 3.8) is 0 Å². The van der Waals surface area contributed by atoms with Gasteiger partial charge in [0.05, 0.1) is 5.54 Å². The molecule has 0 N–H and O–H groups in total. The van der Waals surface area contributed by atoms with E-state index in [0.29, 0.717) is 16.7 Å². The molecule has 2 heterocycles. The summed E-state index contributed by atoms with van der Waals surface area (Å²) >= 11 is 5.97. The van der Waals surface area contributed by atoms with Crippen molar-refractivity contribution >= 4 is 23.5 Å². The molecule has 0 saturated heterocycles. The maximum absolute atomic E-state index is 13.5. The first-order valence-corrected chi connectivity index (χ1v) is 12.2. The summed E-state index contributed by atoms with van der Waals surface area (Å²) in [7, 11) is 0. The Kier molecular flexibility index (Phi) is 5.67. The second-order valence-electron chi connectivity index (χ2n) is 9.22. The third kappa shape index (κ3) is 3.63. The topological polar surface area (TPSA) is 60.2 Å². The Bertz CT molecular complexity index is 936. The van der Waals surface area contributed by atoms with E-state index >= 15 is 0 Å². The zero-order valence-corrected chi connectivity index (χ0v) is 19.0. The highest BCUT2D eigenvalue weighted by Gasteiger charge is 2.55. The minimum Gasteiger partial charge on any atom is -0.484 e. The lowest BCUT2D eigenvalue weighted by Crippen LogP contribution is -2.62. The van der Waals surface area contributed by atoms with Crippen LogP contribution in [0, 0.1) is 5.92 Å². The van der Waals surface area contributed by atoms with Gasteiger partial charge >= 0.3 is 0 Å². The maximum Gasteiger partial charge on any atom is 0.267 e. The second-order valence-corrected chi connectivity index (χ2v) is 9.66. The number of nitrogens with zero attached hydrogens (tertiary/aromatic N) is 4. The van der Waals surface area contributed by atoms with Crippen LogP contribution in [0.2, 0.25) is 5.02 Å². The number of hydrogen-bond donors (Lipinski definition) is 0. The van der Waals surface area contributed by atoms with Gasteiger partial charge in [0, 0.05) is 23.4 Å². The standard InChI is InChI=1S/C24H31ClN4O2/c1-2-21-26-23-28(22(30)16-31-18-12-10-17(25)11-13-18)20-9-5-4-8-19(20)24(29(23)27-21)14-6-3-7-15-24/h10-13,19-20H,2-9,14-16H2,1H3. The van der Waals surface area contributed by atoms with Gasteiger partial charge in [0.25, 0.3) is 5.91 Å². The molecule has 166 valence electrons. The molecule has 1 spiro atoms. The molecule has 2 unspecified atom stereocenters. The number of carbonyl (C=O) groups excluding carboxylic acids is 1. The number of carbonyl (C=O) groups is 1. The molecule has 31 heavy (non-hydrogen) atoms. The third-order valence-corrected chi connectivity index (χ3v) is 7.75. The molecule has 2 atom stereocenters. The first kappa shape index (κ1) is 20.8. The summed E-state index contributed by atoms with van der Waals surface area (Å²) in [5, 5.41) is 5.60. The first-order valence-electron chi connectivity index (χ1n) is 11.8. The van der Waals surface area contributed by atoms with Crippen LogP contribution in [-0.4, -0.2) is 33.3 Å². The first-order chi connectivity index (χ1) is 15.1. The van der Waals surface area contributed by atoms with Crippen molar-refractivity contribution < 1.29 is 9.53 Å². The number of ether oxygens (including phenoxy) is 1. The Morgan fingerprint density at radius 3 is 2.61 bits per heavy atom. The highest BCUT2D eigenvalue weighted by Crippen LogP contribution is 2.52. The minimum absolute atomic E-state index is 0.00777. The molecule has 2 aliphatic carbocycles. The highest BCUT2D eigenvalue weighted by atomic mass is 35.5. The quantitative estimate of drug-likeness (QED) is 0.657. The molecule has 1 amide bonds. The van der Waals surface area contributed by atoms with E-state index in [4.69, 9.17) is 26.4 Å². The summed E-state index contributed by atoms with van der Waals surface area (Å²) in [5.74, 6) is 2.63. The number of anilines is 1. The molecule has 3 aliphatic rings. The number of aromatic nitrogens is 3. The van der Waals surface area contributed by atoms with Crippen LogP contribution in [-0.2, 0) is 16.8 Å². The number of halogens is 1. The number of rotatable bonds is 4. The Balaban J connectivity index is 1.49. The molecule has 2 saturated carbocycles. The Hall–Kier alpha value is -2.08. The largest absolute Gasteiger partial charge is 0.484 e. The molecule has 7 heteroatoms. The fourth-order valence-corrected chi connectivity index (χ4v) is 6.22. The van der Waals surface area contributed by atoms with Gasteiger partial charge in [-0.3, -0.25) is 9.69 Å². The summed E-state index contributed by atoms with van der Waals surface area (Å²) in [6, 6.07) is 7.33. The number of hydrogen-bond acceptors (Lipinski definition) is 4. The van der Waals surface area contributed by atoms with Gasteiger partial charge < -0.3 is 4.74 Å². The van der Waals surface area contributed by atoms with Gasteiger partial charge in [-0.25, -0.2) is 4.68 Å². The molecule has 5 rings (SSSR count). The van der Waals surface area contributed by atoms with Crippen LogP contribution in [0.1, 0.15) is 70.5 Å². The van der Waals surface area contributed by atoms with Crippen LogP contribution in [0.15, 0.2) is 24.3 Å². The molecule has 6 nitrogen and oxygen atoms in total. The smallest absolute Gasteiger partial charge is 0.267 e. The number of fused-ring (bicyclic) bond motifs is 4. The van der Waals surface area contributed by atoms with Gasteiger partial charge in [-0.2, -0.15) is 10.1 Å². The van der Waals surface area contributed by atoms with Gasteiger partial charge in [0.1, 0.15) is 5.75 Å². The van der Waals surface area contributed by atoms with Crippen LogP contribution in [0.5, 0.6) is 5.75 Å². The zero-order chi connectivity index (χ0) is 21.4. The fraction of sp³-hybridized carbons (Fsp3) is 0.625. The molecule has 0 radical (unpaired) electrons. The van der Waals surface area contributed by atoms with Crippen molar-refractivity contribution in [2.75, 3.05) is 11.5 Å². The lowest BCUT2D eigenvalue weighted by molar-refractivity contribution is -0.122. The van der Waals surface area contributed by atoms with E-state index in [1.54, 1.807) is 24.3 Å². The van der Waals surface area contributed by atoms with E-state index in [2.05, 4.69) is 11.6 Å². The van der Waals surface area contributed by atoms with Crippen molar-refractivity contribution in [3.8, 4) is 5.75 Å². The van der Waals surface area contributed by atoms with Gasteiger partial charge in [0.2, 0.25) is 5.95 Å². The summed E-state index contributed by atoms with van der Waals surface area (Å²) < 4.78 is 8.00. The van der Waals surface area contributed by atoms with Crippen molar-refractivity contribution in [2.45, 2.75) is 82.7 Å². The maximum atomic E-state index is 13.5. The van der Waals surface area contributed by atoms with Crippen molar-refractivity contribution in [1.29, 1.82) is 0 Å². The van der Waals surface area contributed by atoms with E-state index in [0.717, 1.165) is 50.3 Å². The lowest BCUT2D eigenvalue weighted by atomic mass is 9.64. The molecule has 1 aromatic heterocycles.